The van der Waals surface area contributed by atoms with Gasteiger partial charge in [0.1, 0.15) is 15.8 Å². The van der Waals surface area contributed by atoms with Crippen molar-refractivity contribution in [2.45, 2.75) is 31.2 Å². The maximum absolute atomic E-state index is 13.1. The molecule has 0 saturated heterocycles. The second kappa shape index (κ2) is 9.93. The molecule has 1 N–H and O–H groups in total. The number of carbonyl (C=O) groups is 1. The van der Waals surface area contributed by atoms with E-state index in [4.69, 9.17) is 4.98 Å². The van der Waals surface area contributed by atoms with E-state index in [1.54, 1.807) is 34.8 Å². The maximum Gasteiger partial charge on any atom is 0.235 e. The van der Waals surface area contributed by atoms with Crippen LogP contribution in [0.3, 0.4) is 0 Å². The Morgan fingerprint density at radius 1 is 1.18 bits per heavy atom. The van der Waals surface area contributed by atoms with Crippen LogP contribution >= 0.6 is 34.4 Å². The number of nitrogens with one attached hydrogen (secondary N) is 1. The normalized spacial score (nSPS) is 13.9. The number of benzene rings is 2. The van der Waals surface area contributed by atoms with E-state index in [-0.39, 0.29) is 17.5 Å². The number of fused-ring (bicyclic) bond motifs is 2. The third-order valence-corrected chi connectivity index (χ3v) is 8.82. The van der Waals surface area contributed by atoms with Gasteiger partial charge < -0.3 is 5.32 Å². The summed E-state index contributed by atoms with van der Waals surface area (Å²) < 4.78 is 14.3. The molecule has 33 heavy (non-hydrogen) atoms. The second-order valence-electron chi connectivity index (χ2n) is 8.01. The quantitative estimate of drug-likeness (QED) is 0.290. The first-order valence-electron chi connectivity index (χ1n) is 11.0. The summed E-state index contributed by atoms with van der Waals surface area (Å²) in [4.78, 5) is 22.5. The molecule has 1 amide bonds. The Labute approximate surface area is 204 Å². The van der Waals surface area contributed by atoms with Crippen LogP contribution in [0.5, 0.6) is 0 Å². The monoisotopic (exact) mass is 497 g/mol. The van der Waals surface area contributed by atoms with Crippen molar-refractivity contribution in [3.63, 3.8) is 0 Å². The van der Waals surface area contributed by atoms with Crippen molar-refractivity contribution >= 4 is 55.6 Å². The van der Waals surface area contributed by atoms with Crippen LogP contribution in [0.2, 0.25) is 0 Å². The van der Waals surface area contributed by atoms with Crippen LogP contribution in [0.15, 0.2) is 53.4 Å². The van der Waals surface area contributed by atoms with E-state index in [0.29, 0.717) is 0 Å². The number of hydrogen-bond acceptors (Lipinski definition) is 6. The molecular formula is C25H24FN3OS3. The Kier molecular flexibility index (Phi) is 6.78. The number of halogens is 1. The lowest BCUT2D eigenvalue weighted by Gasteiger charge is -2.26. The number of carbonyl (C=O) groups excluding carboxylic acids is 1. The molecule has 2 aromatic carbocycles. The number of thiazole rings is 1. The highest BCUT2D eigenvalue weighted by atomic mass is 32.2. The molecule has 0 bridgehead atoms. The number of rotatable bonds is 7. The van der Waals surface area contributed by atoms with Crippen LogP contribution in [0.25, 0.3) is 20.8 Å². The first kappa shape index (κ1) is 22.5. The number of para-hydroxylation sites is 1. The van der Waals surface area contributed by atoms with Crippen LogP contribution in [0.4, 0.5) is 9.39 Å². The fourth-order valence-electron chi connectivity index (χ4n) is 4.10. The van der Waals surface area contributed by atoms with E-state index in [2.05, 4.69) is 23.2 Å². The van der Waals surface area contributed by atoms with Gasteiger partial charge in [-0.1, -0.05) is 19.1 Å². The average Bonchev–Trinajstić information content (AvgIpc) is 3.39. The molecule has 0 saturated carbocycles. The Hall–Kier alpha value is -2.26. The van der Waals surface area contributed by atoms with E-state index < -0.39 is 0 Å². The van der Waals surface area contributed by atoms with Crippen LogP contribution in [-0.4, -0.2) is 34.6 Å². The lowest BCUT2D eigenvalue weighted by molar-refractivity contribution is -0.113. The number of anilines is 1. The summed E-state index contributed by atoms with van der Waals surface area (Å²) in [6.07, 6.45) is 2.10. The zero-order chi connectivity index (χ0) is 22.8. The topological polar surface area (TPSA) is 45.2 Å². The summed E-state index contributed by atoms with van der Waals surface area (Å²) in [6.45, 7) is 5.25. The summed E-state index contributed by atoms with van der Waals surface area (Å²) in [5.74, 6) is -0.0589. The highest BCUT2D eigenvalue weighted by molar-refractivity contribution is 8.00. The fraction of sp³-hybridized carbons (Fsp3) is 0.280. The number of thiophene rings is 1. The van der Waals surface area contributed by atoms with Crippen LogP contribution in [0, 0.1) is 5.82 Å². The highest BCUT2D eigenvalue weighted by Gasteiger charge is 2.27. The van der Waals surface area contributed by atoms with Crippen LogP contribution in [0.1, 0.15) is 23.8 Å². The lowest BCUT2D eigenvalue weighted by Crippen LogP contribution is -2.30. The average molecular weight is 498 g/mol. The molecule has 1 aliphatic heterocycles. The molecule has 3 heterocycles. The van der Waals surface area contributed by atoms with Gasteiger partial charge in [-0.2, -0.15) is 0 Å². The Balaban J connectivity index is 1.43. The van der Waals surface area contributed by atoms with Gasteiger partial charge >= 0.3 is 0 Å². The highest BCUT2D eigenvalue weighted by Crippen LogP contribution is 2.45. The van der Waals surface area contributed by atoms with Crippen molar-refractivity contribution in [3.8, 4) is 10.6 Å². The standard InChI is InChI=1S/C25H24FN3OS3/c1-2-12-29-13-11-18-21(14-29)33-25(23(18)24-27-19-5-3-4-6-20(19)32-24)28-22(30)15-31-17-9-7-16(26)8-10-17/h3-10H,2,11-15H2,1H3,(H,28,30). The summed E-state index contributed by atoms with van der Waals surface area (Å²) in [7, 11) is 0. The SMILES string of the molecule is CCCN1CCc2c(sc(NC(=O)CSc3ccc(F)cc3)c2-c2nc3ccccc3s2)C1. The minimum Gasteiger partial charge on any atom is -0.316 e. The molecule has 0 atom stereocenters. The van der Waals surface area contributed by atoms with Gasteiger partial charge in [0, 0.05) is 28.4 Å². The molecule has 170 valence electrons. The van der Waals surface area contributed by atoms with Crippen LogP contribution < -0.4 is 5.32 Å². The molecule has 0 aliphatic carbocycles. The summed E-state index contributed by atoms with van der Waals surface area (Å²) >= 11 is 4.77. The molecule has 2 aromatic heterocycles. The predicted molar refractivity (Wildman–Crippen MR) is 138 cm³/mol. The third kappa shape index (κ3) is 4.99. The number of nitrogens with zero attached hydrogens (tertiary/aromatic N) is 2. The Morgan fingerprint density at radius 3 is 2.79 bits per heavy atom. The third-order valence-electron chi connectivity index (χ3n) is 5.62. The van der Waals surface area contributed by atoms with Gasteiger partial charge in [-0.25, -0.2) is 9.37 Å². The Bertz CT molecular complexity index is 1250. The molecule has 0 spiro atoms. The number of hydrogen-bond donors (Lipinski definition) is 1. The van der Waals surface area contributed by atoms with E-state index in [1.165, 1.54) is 34.3 Å². The van der Waals surface area contributed by atoms with Gasteiger partial charge in [0.2, 0.25) is 5.91 Å². The smallest absolute Gasteiger partial charge is 0.235 e. The van der Waals surface area contributed by atoms with E-state index in [1.807, 2.05) is 18.2 Å². The minimum atomic E-state index is -0.273. The van der Waals surface area contributed by atoms with Crippen LogP contribution in [-0.2, 0) is 17.8 Å². The van der Waals surface area contributed by atoms with Gasteiger partial charge in [-0.15, -0.1) is 34.4 Å². The maximum atomic E-state index is 13.1. The van der Waals surface area contributed by atoms with Gasteiger partial charge in [-0.05, 0) is 61.3 Å². The van der Waals surface area contributed by atoms with E-state index in [9.17, 15) is 9.18 Å². The minimum absolute atomic E-state index is 0.0595. The van der Waals surface area contributed by atoms with Crippen molar-refractivity contribution in [1.29, 1.82) is 0 Å². The van der Waals surface area contributed by atoms with Gasteiger partial charge in [0.05, 0.1) is 16.0 Å². The molecule has 1 aliphatic rings. The first-order valence-corrected chi connectivity index (χ1v) is 13.6. The number of amides is 1. The first-order chi connectivity index (χ1) is 16.1. The van der Waals surface area contributed by atoms with Gasteiger partial charge in [0.25, 0.3) is 0 Å². The Morgan fingerprint density at radius 2 is 2.00 bits per heavy atom. The summed E-state index contributed by atoms with van der Waals surface area (Å²) in [6, 6.07) is 14.4. The van der Waals surface area contributed by atoms with Gasteiger partial charge in [0.15, 0.2) is 0 Å². The molecular weight excluding hydrogens is 473 g/mol. The molecule has 4 nitrogen and oxygen atoms in total. The lowest BCUT2D eigenvalue weighted by atomic mass is 10.0. The summed E-state index contributed by atoms with van der Waals surface area (Å²) in [5.41, 5.74) is 3.41. The number of aromatic nitrogens is 1. The van der Waals surface area contributed by atoms with Crippen molar-refractivity contribution in [2.24, 2.45) is 0 Å². The van der Waals surface area contributed by atoms with E-state index >= 15 is 0 Å². The molecule has 0 radical (unpaired) electrons. The molecule has 4 aromatic rings. The number of thioether (sulfide) groups is 1. The van der Waals surface area contributed by atoms with Crippen molar-refractivity contribution in [2.75, 3.05) is 24.2 Å². The molecule has 8 heteroatoms. The molecule has 0 unspecified atom stereocenters. The van der Waals surface area contributed by atoms with Crippen molar-refractivity contribution < 1.29 is 9.18 Å². The van der Waals surface area contributed by atoms with Gasteiger partial charge in [-0.3, -0.25) is 9.69 Å². The zero-order valence-corrected chi connectivity index (χ0v) is 20.7. The van der Waals surface area contributed by atoms with Crippen molar-refractivity contribution in [3.05, 3.63) is 64.8 Å². The van der Waals surface area contributed by atoms with Crippen molar-refractivity contribution in [1.82, 2.24) is 9.88 Å². The largest absolute Gasteiger partial charge is 0.316 e. The second-order valence-corrected chi connectivity index (χ2v) is 11.2. The molecule has 0 fully saturated rings. The summed E-state index contributed by atoms with van der Waals surface area (Å²) in [5, 5.41) is 5.03. The molecule has 5 rings (SSSR count). The van der Waals surface area contributed by atoms with E-state index in [0.717, 1.165) is 63.2 Å². The fourth-order valence-corrected chi connectivity index (χ4v) is 7.21. The predicted octanol–water partition coefficient (Wildman–Crippen LogP) is 6.66. The zero-order valence-electron chi connectivity index (χ0n) is 18.3.